The molecule has 2 rings (SSSR count). The fourth-order valence-corrected chi connectivity index (χ4v) is 2.04. The minimum absolute atomic E-state index is 0.0624. The summed E-state index contributed by atoms with van der Waals surface area (Å²) in [4.78, 5) is 12.0. The van der Waals surface area contributed by atoms with Crippen LogP contribution in [0.25, 0.3) is 11.3 Å². The minimum Gasteiger partial charge on any atom is -0.370 e. The minimum atomic E-state index is -4.40. The van der Waals surface area contributed by atoms with Crippen molar-refractivity contribution in [2.24, 2.45) is 0 Å². The van der Waals surface area contributed by atoms with Crippen molar-refractivity contribution < 1.29 is 27.2 Å². The Labute approximate surface area is 140 Å². The first-order chi connectivity index (χ1) is 11.2. The highest BCUT2D eigenvalue weighted by Crippen LogP contribution is 2.22. The lowest BCUT2D eigenvalue weighted by atomic mass is 10.1. The monoisotopic (exact) mass is 362 g/mol. The average Bonchev–Trinajstić information content (AvgIpc) is 2.95. The van der Waals surface area contributed by atoms with Gasteiger partial charge in [-0.05, 0) is 19.1 Å². The number of carbonyl (C=O) groups is 1. The second-order valence-corrected chi connectivity index (χ2v) is 5.53. The number of nitrogens with zero attached hydrogens (tertiary/aromatic N) is 1. The zero-order valence-corrected chi connectivity index (χ0v) is 13.3. The van der Waals surface area contributed by atoms with Crippen LogP contribution in [0.4, 0.5) is 13.2 Å². The summed E-state index contributed by atoms with van der Waals surface area (Å²) in [6.45, 7) is -0.127. The van der Waals surface area contributed by atoms with Crippen LogP contribution in [0.3, 0.4) is 0 Å². The Morgan fingerprint density at radius 1 is 1.42 bits per heavy atom. The summed E-state index contributed by atoms with van der Waals surface area (Å²) in [5.41, 5.74) is 1.09. The van der Waals surface area contributed by atoms with E-state index in [1.807, 2.05) is 0 Å². The fourth-order valence-electron chi connectivity index (χ4n) is 1.85. The lowest BCUT2D eigenvalue weighted by Crippen LogP contribution is -2.36. The molecule has 0 aliphatic heterocycles. The van der Waals surface area contributed by atoms with Gasteiger partial charge < -0.3 is 14.6 Å². The number of ether oxygens (including phenoxy) is 1. The predicted molar refractivity (Wildman–Crippen MR) is 80.8 cm³/mol. The highest BCUT2D eigenvalue weighted by atomic mass is 35.5. The Hall–Kier alpha value is -2.06. The van der Waals surface area contributed by atoms with Gasteiger partial charge >= 0.3 is 6.18 Å². The lowest BCUT2D eigenvalue weighted by Gasteiger charge is -2.14. The van der Waals surface area contributed by atoms with Gasteiger partial charge in [-0.15, -0.1) is 0 Å². The van der Waals surface area contributed by atoms with Crippen molar-refractivity contribution in [3.05, 3.63) is 41.1 Å². The molecule has 2 aromatic rings. The summed E-state index contributed by atoms with van der Waals surface area (Å²) in [6, 6.07) is 7.63. The molecule has 9 heteroatoms. The molecule has 130 valence electrons. The van der Waals surface area contributed by atoms with E-state index in [9.17, 15) is 18.0 Å². The Balaban J connectivity index is 1.91. The maximum absolute atomic E-state index is 12.0. The molecular weight excluding hydrogens is 349 g/mol. The van der Waals surface area contributed by atoms with Gasteiger partial charge in [-0.25, -0.2) is 0 Å². The Kier molecular flexibility index (Phi) is 5.84. The number of nitrogens with one attached hydrogen (secondary N) is 1. The molecule has 1 amide bonds. The topological polar surface area (TPSA) is 64.4 Å². The average molecular weight is 363 g/mol. The number of amides is 1. The van der Waals surface area contributed by atoms with Gasteiger partial charge in [0.2, 0.25) is 5.76 Å². The maximum atomic E-state index is 12.0. The van der Waals surface area contributed by atoms with Crippen molar-refractivity contribution in [1.82, 2.24) is 10.5 Å². The summed E-state index contributed by atoms with van der Waals surface area (Å²) < 4.78 is 45.4. The number of rotatable bonds is 6. The van der Waals surface area contributed by atoms with E-state index in [4.69, 9.17) is 16.1 Å². The van der Waals surface area contributed by atoms with E-state index in [1.54, 1.807) is 24.3 Å². The van der Waals surface area contributed by atoms with Gasteiger partial charge in [0.1, 0.15) is 12.3 Å². The van der Waals surface area contributed by atoms with Gasteiger partial charge in [0.25, 0.3) is 5.91 Å². The molecule has 0 unspecified atom stereocenters. The summed E-state index contributed by atoms with van der Waals surface area (Å²) >= 11 is 5.88. The van der Waals surface area contributed by atoms with E-state index in [-0.39, 0.29) is 12.4 Å². The van der Waals surface area contributed by atoms with Crippen molar-refractivity contribution in [1.29, 1.82) is 0 Å². The van der Waals surface area contributed by atoms with Gasteiger partial charge in [-0.3, -0.25) is 4.79 Å². The van der Waals surface area contributed by atoms with E-state index < -0.39 is 24.7 Å². The second kappa shape index (κ2) is 7.67. The molecule has 0 bridgehead atoms. The first-order valence-corrected chi connectivity index (χ1v) is 7.30. The number of hydrogen-bond acceptors (Lipinski definition) is 4. The van der Waals surface area contributed by atoms with Gasteiger partial charge in [0.15, 0.2) is 0 Å². The van der Waals surface area contributed by atoms with E-state index in [0.717, 1.165) is 0 Å². The maximum Gasteiger partial charge on any atom is 0.411 e. The number of benzene rings is 1. The second-order valence-electron chi connectivity index (χ2n) is 5.09. The van der Waals surface area contributed by atoms with Crippen molar-refractivity contribution in [3.63, 3.8) is 0 Å². The van der Waals surface area contributed by atoms with Crippen LogP contribution in [0.1, 0.15) is 17.5 Å². The summed E-state index contributed by atoms with van der Waals surface area (Å²) in [5, 5.41) is 6.75. The van der Waals surface area contributed by atoms with E-state index in [0.29, 0.717) is 16.3 Å². The normalized spacial score (nSPS) is 12.9. The van der Waals surface area contributed by atoms with Crippen LogP contribution >= 0.6 is 11.6 Å². The van der Waals surface area contributed by atoms with Crippen LogP contribution < -0.4 is 5.32 Å². The van der Waals surface area contributed by atoms with Gasteiger partial charge in [0, 0.05) is 22.7 Å². The predicted octanol–water partition coefficient (Wildman–Crippen LogP) is 3.69. The molecule has 5 nitrogen and oxygen atoms in total. The number of alkyl halides is 3. The van der Waals surface area contributed by atoms with Crippen LogP contribution in [0.15, 0.2) is 34.9 Å². The van der Waals surface area contributed by atoms with E-state index >= 15 is 0 Å². The van der Waals surface area contributed by atoms with Crippen molar-refractivity contribution in [2.45, 2.75) is 19.1 Å². The largest absolute Gasteiger partial charge is 0.411 e. The van der Waals surface area contributed by atoms with E-state index in [2.05, 4.69) is 15.2 Å². The standard InChI is InChI=1S/C15H14ClF3N2O3/c1-9(7-23-8-15(17,18)19)20-14(22)13-6-12(21-24-13)10-3-2-4-11(16)5-10/h2-6,9H,7-8H2,1H3,(H,20,22)/t9-/m1/s1. The van der Waals surface area contributed by atoms with Gasteiger partial charge in [-0.2, -0.15) is 13.2 Å². The molecule has 0 aliphatic carbocycles. The van der Waals surface area contributed by atoms with Crippen LogP contribution in [0.5, 0.6) is 0 Å². The molecule has 0 saturated carbocycles. The van der Waals surface area contributed by atoms with Crippen LogP contribution in [0, 0.1) is 0 Å². The Bertz CT molecular complexity index is 703. The molecule has 1 heterocycles. The van der Waals surface area contributed by atoms with Crippen LogP contribution in [0.2, 0.25) is 5.02 Å². The molecule has 1 aromatic carbocycles. The first-order valence-electron chi connectivity index (χ1n) is 6.92. The highest BCUT2D eigenvalue weighted by molar-refractivity contribution is 6.30. The SMILES string of the molecule is C[C@H](COCC(F)(F)F)NC(=O)c1cc(-c2cccc(Cl)c2)no1. The van der Waals surface area contributed by atoms with Crippen molar-refractivity contribution in [2.75, 3.05) is 13.2 Å². The number of aromatic nitrogens is 1. The van der Waals surface area contributed by atoms with Gasteiger partial charge in [0.05, 0.1) is 6.61 Å². The molecule has 24 heavy (non-hydrogen) atoms. The molecule has 1 aromatic heterocycles. The third-order valence-corrected chi connectivity index (χ3v) is 3.10. The van der Waals surface area contributed by atoms with Crippen molar-refractivity contribution in [3.8, 4) is 11.3 Å². The molecule has 0 radical (unpaired) electrons. The molecular formula is C15H14ClF3N2O3. The zero-order valence-electron chi connectivity index (χ0n) is 12.6. The number of hydrogen-bond donors (Lipinski definition) is 1. The fraction of sp³-hybridized carbons (Fsp3) is 0.333. The molecule has 1 atom stereocenters. The summed E-state index contributed by atoms with van der Waals surface area (Å²) in [6.07, 6.45) is -4.40. The molecule has 0 saturated heterocycles. The lowest BCUT2D eigenvalue weighted by molar-refractivity contribution is -0.174. The highest BCUT2D eigenvalue weighted by Gasteiger charge is 2.27. The molecule has 1 N–H and O–H groups in total. The summed E-state index contributed by atoms with van der Waals surface area (Å²) in [7, 11) is 0. The number of halogens is 4. The van der Waals surface area contributed by atoms with E-state index in [1.165, 1.54) is 13.0 Å². The third kappa shape index (κ3) is 5.54. The summed E-state index contributed by atoms with van der Waals surface area (Å²) in [5.74, 6) is -0.661. The first kappa shape index (κ1) is 18.3. The Morgan fingerprint density at radius 3 is 2.83 bits per heavy atom. The van der Waals surface area contributed by atoms with Gasteiger partial charge in [-0.1, -0.05) is 28.9 Å². The zero-order chi connectivity index (χ0) is 17.7. The quantitative estimate of drug-likeness (QED) is 0.851. The number of carbonyl (C=O) groups excluding carboxylic acids is 1. The molecule has 0 spiro atoms. The van der Waals surface area contributed by atoms with Crippen LogP contribution in [-0.2, 0) is 4.74 Å². The van der Waals surface area contributed by atoms with Crippen molar-refractivity contribution >= 4 is 17.5 Å². The third-order valence-electron chi connectivity index (χ3n) is 2.87. The van der Waals surface area contributed by atoms with Crippen LogP contribution in [-0.4, -0.2) is 36.5 Å². The smallest absolute Gasteiger partial charge is 0.370 e. The Morgan fingerprint density at radius 2 is 2.17 bits per heavy atom. The molecule has 0 fully saturated rings. The molecule has 0 aliphatic rings.